The first-order chi connectivity index (χ1) is 8.45. The molecule has 1 aliphatic rings. The quantitative estimate of drug-likeness (QED) is 0.909. The van der Waals surface area contributed by atoms with Crippen LogP contribution in [0.25, 0.3) is 0 Å². The number of ether oxygens (including phenoxy) is 2. The molecule has 0 saturated carbocycles. The summed E-state index contributed by atoms with van der Waals surface area (Å²) in [6.07, 6.45) is 1.68. The van der Waals surface area contributed by atoms with Crippen molar-refractivity contribution >= 4 is 15.9 Å². The van der Waals surface area contributed by atoms with Gasteiger partial charge in [0.25, 0.3) is 0 Å². The van der Waals surface area contributed by atoms with E-state index in [9.17, 15) is 5.11 Å². The van der Waals surface area contributed by atoms with Crippen LogP contribution in [0.1, 0.15) is 38.3 Å². The van der Waals surface area contributed by atoms with Crippen molar-refractivity contribution < 1.29 is 14.6 Å². The van der Waals surface area contributed by atoms with Crippen molar-refractivity contribution in [2.45, 2.75) is 39.2 Å². The molecular formula is C14H19BrO3. The van der Waals surface area contributed by atoms with Gasteiger partial charge >= 0.3 is 0 Å². The molecule has 0 unspecified atom stereocenters. The molecule has 0 amide bonds. The van der Waals surface area contributed by atoms with E-state index in [-0.39, 0.29) is 0 Å². The van der Waals surface area contributed by atoms with Crippen molar-refractivity contribution in [2.75, 3.05) is 13.2 Å². The predicted molar refractivity (Wildman–Crippen MR) is 74.4 cm³/mol. The van der Waals surface area contributed by atoms with Crippen molar-refractivity contribution in [3.05, 3.63) is 21.7 Å². The van der Waals surface area contributed by atoms with Gasteiger partial charge in [0.2, 0.25) is 0 Å². The molecule has 0 saturated heterocycles. The van der Waals surface area contributed by atoms with Gasteiger partial charge in [-0.2, -0.15) is 0 Å². The van der Waals surface area contributed by atoms with E-state index in [4.69, 9.17) is 9.47 Å². The number of aliphatic hydroxyl groups is 1. The molecule has 1 heterocycles. The Morgan fingerprint density at radius 3 is 2.61 bits per heavy atom. The molecule has 0 aromatic heterocycles. The van der Waals surface area contributed by atoms with Gasteiger partial charge in [-0.25, -0.2) is 0 Å². The number of rotatable bonds is 2. The van der Waals surface area contributed by atoms with Crippen molar-refractivity contribution in [3.63, 3.8) is 0 Å². The maximum absolute atomic E-state index is 10.3. The number of hydrogen-bond acceptors (Lipinski definition) is 3. The average Bonchev–Trinajstić information content (AvgIpc) is 2.50. The molecule has 1 aliphatic heterocycles. The second-order valence-electron chi connectivity index (χ2n) is 5.00. The van der Waals surface area contributed by atoms with E-state index in [1.165, 1.54) is 0 Å². The van der Waals surface area contributed by atoms with Gasteiger partial charge in [0.15, 0.2) is 11.5 Å². The smallest absolute Gasteiger partial charge is 0.164 e. The van der Waals surface area contributed by atoms with Gasteiger partial charge in [-0.05, 0) is 26.3 Å². The molecule has 0 aliphatic carbocycles. The Kier molecular flexibility index (Phi) is 3.87. The third-order valence-electron chi connectivity index (χ3n) is 3.05. The molecule has 1 N–H and O–H groups in total. The molecular weight excluding hydrogens is 296 g/mol. The minimum Gasteiger partial charge on any atom is -0.490 e. The fourth-order valence-corrected chi connectivity index (χ4v) is 3.27. The Hall–Kier alpha value is -0.740. The van der Waals surface area contributed by atoms with Crippen LogP contribution < -0.4 is 9.47 Å². The number of halogens is 1. The zero-order valence-electron chi connectivity index (χ0n) is 11.0. The van der Waals surface area contributed by atoms with Gasteiger partial charge in [0.1, 0.15) is 0 Å². The largest absolute Gasteiger partial charge is 0.490 e. The Balaban J connectivity index is 2.65. The van der Waals surface area contributed by atoms with E-state index in [2.05, 4.69) is 22.9 Å². The zero-order valence-corrected chi connectivity index (χ0v) is 12.6. The summed E-state index contributed by atoms with van der Waals surface area (Å²) in [7, 11) is 0. The van der Waals surface area contributed by atoms with Gasteiger partial charge in [-0.1, -0.05) is 22.9 Å². The monoisotopic (exact) mass is 314 g/mol. The SMILES string of the molecule is CCc1c2c(cc(Br)c1C(C)(C)O)OCCCO2. The molecule has 4 heteroatoms. The maximum atomic E-state index is 10.3. The average molecular weight is 315 g/mol. The molecule has 1 aromatic carbocycles. The highest BCUT2D eigenvalue weighted by molar-refractivity contribution is 9.10. The van der Waals surface area contributed by atoms with Gasteiger partial charge in [-0.3, -0.25) is 0 Å². The molecule has 0 bridgehead atoms. The minimum atomic E-state index is -0.908. The van der Waals surface area contributed by atoms with Crippen LogP contribution in [0, 0.1) is 0 Å². The Labute approximate surface area is 116 Å². The summed E-state index contributed by atoms with van der Waals surface area (Å²) in [5.74, 6) is 1.56. The fourth-order valence-electron chi connectivity index (χ4n) is 2.34. The van der Waals surface area contributed by atoms with Crippen molar-refractivity contribution in [1.82, 2.24) is 0 Å². The molecule has 0 fully saturated rings. The lowest BCUT2D eigenvalue weighted by Crippen LogP contribution is -2.19. The summed E-state index contributed by atoms with van der Waals surface area (Å²) >= 11 is 3.53. The summed E-state index contributed by atoms with van der Waals surface area (Å²) in [5, 5.41) is 10.3. The van der Waals surface area contributed by atoms with Gasteiger partial charge in [-0.15, -0.1) is 0 Å². The topological polar surface area (TPSA) is 38.7 Å². The Morgan fingerprint density at radius 2 is 2.00 bits per heavy atom. The summed E-state index contributed by atoms with van der Waals surface area (Å²) in [4.78, 5) is 0. The lowest BCUT2D eigenvalue weighted by Gasteiger charge is -2.25. The maximum Gasteiger partial charge on any atom is 0.164 e. The normalized spacial score (nSPS) is 15.4. The molecule has 100 valence electrons. The number of benzene rings is 1. The van der Waals surface area contributed by atoms with E-state index < -0.39 is 5.60 Å². The van der Waals surface area contributed by atoms with Crippen LogP contribution in [-0.4, -0.2) is 18.3 Å². The van der Waals surface area contributed by atoms with Crippen LogP contribution in [0.2, 0.25) is 0 Å². The zero-order chi connectivity index (χ0) is 13.3. The Bertz CT molecular complexity index is 449. The third kappa shape index (κ3) is 2.50. The van der Waals surface area contributed by atoms with Gasteiger partial charge in [0, 0.05) is 22.0 Å². The van der Waals surface area contributed by atoms with E-state index in [1.54, 1.807) is 13.8 Å². The summed E-state index contributed by atoms with van der Waals surface area (Å²) < 4.78 is 12.4. The van der Waals surface area contributed by atoms with Crippen LogP contribution in [-0.2, 0) is 12.0 Å². The highest BCUT2D eigenvalue weighted by atomic mass is 79.9. The summed E-state index contributed by atoms with van der Waals surface area (Å²) in [5.41, 5.74) is 0.998. The number of fused-ring (bicyclic) bond motifs is 1. The molecule has 0 radical (unpaired) electrons. The first-order valence-electron chi connectivity index (χ1n) is 6.29. The molecule has 0 atom stereocenters. The van der Waals surface area contributed by atoms with E-state index >= 15 is 0 Å². The standard InChI is InChI=1S/C14H19BrO3/c1-4-9-12(14(2,3)16)10(15)8-11-13(9)18-7-5-6-17-11/h8,16H,4-7H2,1-3H3. The van der Waals surface area contributed by atoms with Crippen LogP contribution in [0.4, 0.5) is 0 Å². The lowest BCUT2D eigenvalue weighted by atomic mass is 9.91. The van der Waals surface area contributed by atoms with Crippen LogP contribution in [0.5, 0.6) is 11.5 Å². The second-order valence-corrected chi connectivity index (χ2v) is 5.86. The highest BCUT2D eigenvalue weighted by Crippen LogP contribution is 2.43. The van der Waals surface area contributed by atoms with Crippen molar-refractivity contribution in [1.29, 1.82) is 0 Å². The second kappa shape index (κ2) is 5.10. The minimum absolute atomic E-state index is 0.660. The molecule has 1 aromatic rings. The molecule has 3 nitrogen and oxygen atoms in total. The van der Waals surface area contributed by atoms with Crippen molar-refractivity contribution in [2.24, 2.45) is 0 Å². The fraction of sp³-hybridized carbons (Fsp3) is 0.571. The predicted octanol–water partition coefficient (Wildman–Crippen LogP) is 3.40. The molecule has 18 heavy (non-hydrogen) atoms. The summed E-state index contributed by atoms with van der Waals surface area (Å²) in [6, 6.07) is 1.90. The number of hydrogen-bond donors (Lipinski definition) is 1. The van der Waals surface area contributed by atoms with Crippen LogP contribution in [0.3, 0.4) is 0 Å². The Morgan fingerprint density at radius 1 is 1.33 bits per heavy atom. The molecule has 2 rings (SSSR count). The van der Waals surface area contributed by atoms with Crippen LogP contribution in [0.15, 0.2) is 10.5 Å². The lowest BCUT2D eigenvalue weighted by molar-refractivity contribution is 0.0764. The van der Waals surface area contributed by atoms with E-state index in [0.717, 1.165) is 39.9 Å². The van der Waals surface area contributed by atoms with Crippen molar-refractivity contribution in [3.8, 4) is 11.5 Å². The van der Waals surface area contributed by atoms with Gasteiger partial charge < -0.3 is 14.6 Å². The van der Waals surface area contributed by atoms with E-state index in [0.29, 0.717) is 13.2 Å². The summed E-state index contributed by atoms with van der Waals surface area (Å²) in [6.45, 7) is 6.97. The first-order valence-corrected chi connectivity index (χ1v) is 7.08. The van der Waals surface area contributed by atoms with E-state index in [1.807, 2.05) is 6.07 Å². The van der Waals surface area contributed by atoms with Crippen LogP contribution >= 0.6 is 15.9 Å². The first kappa shape index (κ1) is 13.7. The highest BCUT2D eigenvalue weighted by Gasteiger charge is 2.28. The molecule has 0 spiro atoms. The third-order valence-corrected chi connectivity index (χ3v) is 3.68. The van der Waals surface area contributed by atoms with Gasteiger partial charge in [0.05, 0.1) is 18.8 Å².